The Kier molecular flexibility index (Phi) is 3.33. The third-order valence-electron chi connectivity index (χ3n) is 2.53. The van der Waals surface area contributed by atoms with Crippen LogP contribution in [0.1, 0.15) is 5.56 Å². The highest BCUT2D eigenvalue weighted by molar-refractivity contribution is 5.65. The lowest BCUT2D eigenvalue weighted by Crippen LogP contribution is -2.09. The third kappa shape index (κ3) is 2.78. The molecule has 0 aliphatic carbocycles. The molecule has 0 fully saturated rings. The molecule has 1 aromatic heterocycles. The second-order valence-corrected chi connectivity index (χ2v) is 3.83. The zero-order valence-electron chi connectivity index (χ0n) is 9.90. The molecule has 0 saturated carbocycles. The summed E-state index contributed by atoms with van der Waals surface area (Å²) in [6.07, 6.45) is -3.28. The van der Waals surface area contributed by atoms with E-state index in [9.17, 15) is 18.3 Å². The van der Waals surface area contributed by atoms with Gasteiger partial charge in [0.25, 0.3) is 0 Å². The van der Waals surface area contributed by atoms with Crippen LogP contribution < -0.4 is 4.74 Å². The molecule has 19 heavy (non-hydrogen) atoms. The van der Waals surface area contributed by atoms with E-state index in [-0.39, 0.29) is 11.3 Å². The number of hydrogen-bond acceptors (Lipinski definition) is 3. The van der Waals surface area contributed by atoms with Crippen molar-refractivity contribution in [2.24, 2.45) is 0 Å². The van der Waals surface area contributed by atoms with Gasteiger partial charge in [0.2, 0.25) is 5.88 Å². The Bertz CT molecular complexity index is 597. The molecular weight excluding hydrogens is 259 g/mol. The first-order valence-electron chi connectivity index (χ1n) is 5.32. The quantitative estimate of drug-likeness (QED) is 0.907. The van der Waals surface area contributed by atoms with Crippen LogP contribution in [-0.2, 0) is 6.18 Å². The number of rotatable bonds is 2. The van der Waals surface area contributed by atoms with Gasteiger partial charge in [-0.25, -0.2) is 4.98 Å². The van der Waals surface area contributed by atoms with E-state index in [0.29, 0.717) is 5.56 Å². The van der Waals surface area contributed by atoms with Crippen molar-refractivity contribution in [1.29, 1.82) is 0 Å². The zero-order valence-corrected chi connectivity index (χ0v) is 9.90. The molecule has 1 heterocycles. The molecule has 2 aromatic rings. The Balaban J connectivity index is 2.55. The second kappa shape index (κ2) is 4.79. The second-order valence-electron chi connectivity index (χ2n) is 3.83. The lowest BCUT2D eigenvalue weighted by molar-refractivity contribution is -0.139. The average molecular weight is 269 g/mol. The summed E-state index contributed by atoms with van der Waals surface area (Å²) >= 11 is 0. The van der Waals surface area contributed by atoms with Crippen molar-refractivity contribution in [2.45, 2.75) is 6.18 Å². The van der Waals surface area contributed by atoms with Gasteiger partial charge < -0.3 is 9.84 Å². The zero-order chi connectivity index (χ0) is 14.0. The van der Waals surface area contributed by atoms with Crippen LogP contribution in [0.25, 0.3) is 11.1 Å². The van der Waals surface area contributed by atoms with Gasteiger partial charge in [0.15, 0.2) is 0 Å². The van der Waals surface area contributed by atoms with Gasteiger partial charge in [-0.15, -0.1) is 0 Å². The van der Waals surface area contributed by atoms with Crippen molar-refractivity contribution >= 4 is 0 Å². The van der Waals surface area contributed by atoms with E-state index in [1.807, 2.05) is 0 Å². The normalized spacial score (nSPS) is 11.4. The molecule has 0 amide bonds. The number of methoxy groups -OCH3 is 1. The number of halogens is 3. The van der Waals surface area contributed by atoms with Gasteiger partial charge in [0.05, 0.1) is 7.11 Å². The molecule has 100 valence electrons. The summed E-state index contributed by atoms with van der Waals surface area (Å²) in [6, 6.07) is 6.88. The van der Waals surface area contributed by atoms with Crippen molar-refractivity contribution in [2.75, 3.05) is 7.11 Å². The van der Waals surface area contributed by atoms with Crippen LogP contribution in [0, 0.1) is 0 Å². The van der Waals surface area contributed by atoms with Gasteiger partial charge in [-0.1, -0.05) is 12.1 Å². The lowest BCUT2D eigenvalue weighted by Gasteiger charge is -2.12. The van der Waals surface area contributed by atoms with Crippen molar-refractivity contribution in [3.05, 3.63) is 42.1 Å². The number of alkyl halides is 3. The van der Waals surface area contributed by atoms with Crippen molar-refractivity contribution in [3.63, 3.8) is 0 Å². The van der Waals surface area contributed by atoms with E-state index in [0.717, 1.165) is 13.2 Å². The molecule has 3 nitrogen and oxygen atoms in total. The van der Waals surface area contributed by atoms with Crippen molar-refractivity contribution < 1.29 is 23.0 Å². The van der Waals surface area contributed by atoms with Crippen LogP contribution in [0.5, 0.6) is 11.6 Å². The molecule has 0 aliphatic rings. The van der Waals surface area contributed by atoms with Gasteiger partial charge >= 0.3 is 6.18 Å². The SMILES string of the molecule is COc1ncc(-c2cccc(O)c2)cc1C(F)(F)F. The molecule has 6 heteroatoms. The summed E-state index contributed by atoms with van der Waals surface area (Å²) in [5.41, 5.74) is -0.250. The number of hydrogen-bond donors (Lipinski definition) is 1. The van der Waals surface area contributed by atoms with Crippen molar-refractivity contribution in [1.82, 2.24) is 4.98 Å². The largest absolute Gasteiger partial charge is 0.508 e. The molecule has 0 spiro atoms. The summed E-state index contributed by atoms with van der Waals surface area (Å²) in [7, 11) is 1.13. The Morgan fingerprint density at radius 1 is 1.16 bits per heavy atom. The van der Waals surface area contributed by atoms with Crippen LogP contribution in [0.3, 0.4) is 0 Å². The maximum Gasteiger partial charge on any atom is 0.421 e. The molecule has 0 unspecified atom stereocenters. The average Bonchev–Trinajstić information content (AvgIpc) is 2.37. The van der Waals surface area contributed by atoms with E-state index in [1.54, 1.807) is 12.1 Å². The summed E-state index contributed by atoms with van der Waals surface area (Å²) < 4.78 is 43.1. The van der Waals surface area contributed by atoms with E-state index in [2.05, 4.69) is 9.72 Å². The number of nitrogens with zero attached hydrogens (tertiary/aromatic N) is 1. The Morgan fingerprint density at radius 3 is 2.47 bits per heavy atom. The van der Waals surface area contributed by atoms with Gasteiger partial charge in [-0.2, -0.15) is 13.2 Å². The van der Waals surface area contributed by atoms with E-state index in [1.165, 1.54) is 18.3 Å². The Labute approximate surface area is 107 Å². The first-order chi connectivity index (χ1) is 8.91. The monoisotopic (exact) mass is 269 g/mol. The predicted octanol–water partition coefficient (Wildman–Crippen LogP) is 3.48. The molecule has 0 saturated heterocycles. The number of benzene rings is 1. The Morgan fingerprint density at radius 2 is 1.89 bits per heavy atom. The topological polar surface area (TPSA) is 42.4 Å². The fraction of sp³-hybridized carbons (Fsp3) is 0.154. The van der Waals surface area contributed by atoms with Gasteiger partial charge in [0.1, 0.15) is 11.3 Å². The van der Waals surface area contributed by atoms with Crippen LogP contribution in [-0.4, -0.2) is 17.2 Å². The maximum absolute atomic E-state index is 12.8. The molecule has 0 radical (unpaired) electrons. The Hall–Kier alpha value is -2.24. The number of ether oxygens (including phenoxy) is 1. The van der Waals surface area contributed by atoms with E-state index >= 15 is 0 Å². The van der Waals surface area contributed by atoms with Crippen molar-refractivity contribution in [3.8, 4) is 22.8 Å². The molecule has 0 atom stereocenters. The minimum Gasteiger partial charge on any atom is -0.508 e. The fourth-order valence-corrected chi connectivity index (χ4v) is 1.66. The molecule has 0 aliphatic heterocycles. The fourth-order valence-electron chi connectivity index (χ4n) is 1.66. The van der Waals surface area contributed by atoms with Crippen LogP contribution >= 0.6 is 0 Å². The van der Waals surface area contributed by atoms with E-state index in [4.69, 9.17) is 0 Å². The highest BCUT2D eigenvalue weighted by Gasteiger charge is 2.35. The first-order valence-corrected chi connectivity index (χ1v) is 5.32. The summed E-state index contributed by atoms with van der Waals surface area (Å²) in [6.45, 7) is 0. The van der Waals surface area contributed by atoms with Gasteiger partial charge in [-0.05, 0) is 23.8 Å². The van der Waals surface area contributed by atoms with Crippen LogP contribution in [0.15, 0.2) is 36.5 Å². The minimum absolute atomic E-state index is 0.0260. The minimum atomic E-state index is -4.55. The standard InChI is InChI=1S/C13H10F3NO2/c1-19-12-11(13(14,15)16)6-9(7-17-12)8-3-2-4-10(18)5-8/h2-7,18H,1H3. The maximum atomic E-state index is 12.8. The highest BCUT2D eigenvalue weighted by Crippen LogP contribution is 2.37. The molecule has 1 N–H and O–H groups in total. The van der Waals surface area contributed by atoms with Crippen LogP contribution in [0.4, 0.5) is 13.2 Å². The molecule has 2 rings (SSSR count). The first kappa shape index (κ1) is 13.2. The number of phenolic OH excluding ortho intramolecular Hbond substituents is 1. The number of pyridine rings is 1. The third-order valence-corrected chi connectivity index (χ3v) is 2.53. The number of phenols is 1. The molecule has 0 bridgehead atoms. The summed E-state index contributed by atoms with van der Waals surface area (Å²) in [5, 5.41) is 9.34. The number of aromatic nitrogens is 1. The van der Waals surface area contributed by atoms with E-state index < -0.39 is 17.6 Å². The molecule has 1 aromatic carbocycles. The van der Waals surface area contributed by atoms with Crippen LogP contribution in [0.2, 0.25) is 0 Å². The smallest absolute Gasteiger partial charge is 0.421 e. The lowest BCUT2D eigenvalue weighted by atomic mass is 10.1. The molecular formula is C13H10F3NO2. The van der Waals surface area contributed by atoms with Gasteiger partial charge in [0, 0.05) is 11.8 Å². The summed E-state index contributed by atoms with van der Waals surface area (Å²) in [4.78, 5) is 3.65. The van der Waals surface area contributed by atoms with Gasteiger partial charge in [-0.3, -0.25) is 0 Å². The highest BCUT2D eigenvalue weighted by atomic mass is 19.4. The predicted molar refractivity (Wildman–Crippen MR) is 62.9 cm³/mol. The summed E-state index contributed by atoms with van der Waals surface area (Å²) in [5.74, 6) is -0.502. The number of aromatic hydroxyl groups is 1.